The summed E-state index contributed by atoms with van der Waals surface area (Å²) in [5, 5.41) is 12.7. The molecule has 1 aliphatic carbocycles. The molecule has 1 saturated carbocycles. The highest BCUT2D eigenvalue weighted by Crippen LogP contribution is 2.31. The third-order valence-corrected chi connectivity index (χ3v) is 2.60. The zero-order valence-electron chi connectivity index (χ0n) is 7.83. The number of rotatable bonds is 3. The van der Waals surface area contributed by atoms with Crippen molar-refractivity contribution in [3.05, 3.63) is 24.1 Å². The van der Waals surface area contributed by atoms with Gasteiger partial charge in [-0.25, -0.2) is 4.98 Å². The lowest BCUT2D eigenvalue weighted by Crippen LogP contribution is -2.43. The number of halogens is 1. The van der Waals surface area contributed by atoms with Gasteiger partial charge in [-0.2, -0.15) is 4.39 Å². The molecular formula is C10H13FN2O. The number of aromatic nitrogens is 1. The molecule has 0 amide bonds. The van der Waals surface area contributed by atoms with Gasteiger partial charge in [0.25, 0.3) is 0 Å². The molecule has 0 spiro atoms. The smallest absolute Gasteiger partial charge is 0.214 e. The van der Waals surface area contributed by atoms with E-state index >= 15 is 0 Å². The first-order valence-electron chi connectivity index (χ1n) is 4.77. The van der Waals surface area contributed by atoms with Crippen molar-refractivity contribution in [2.45, 2.75) is 24.9 Å². The summed E-state index contributed by atoms with van der Waals surface area (Å²) in [5.74, 6) is -0.0269. The van der Waals surface area contributed by atoms with Crippen LogP contribution in [0, 0.1) is 5.95 Å². The Morgan fingerprint density at radius 1 is 1.50 bits per heavy atom. The second-order valence-electron chi connectivity index (χ2n) is 3.78. The second kappa shape index (κ2) is 3.53. The Hall–Kier alpha value is -1.16. The zero-order chi connectivity index (χ0) is 10.0. The number of aliphatic hydroxyl groups is 1. The maximum absolute atomic E-state index is 12.7. The Bertz CT molecular complexity index is 326. The molecule has 2 rings (SSSR count). The lowest BCUT2D eigenvalue weighted by Gasteiger charge is -2.36. The van der Waals surface area contributed by atoms with Crippen LogP contribution in [0.4, 0.5) is 10.2 Å². The summed E-state index contributed by atoms with van der Waals surface area (Å²) in [6, 6.07) is 4.57. The molecule has 1 aromatic rings. The van der Waals surface area contributed by atoms with E-state index in [9.17, 15) is 9.50 Å². The van der Waals surface area contributed by atoms with Crippen molar-refractivity contribution in [1.82, 2.24) is 4.98 Å². The molecule has 0 radical (unpaired) electrons. The lowest BCUT2D eigenvalue weighted by molar-refractivity contribution is -0.0202. The fourth-order valence-corrected chi connectivity index (χ4v) is 1.52. The molecule has 0 saturated heterocycles. The van der Waals surface area contributed by atoms with E-state index < -0.39 is 11.5 Å². The predicted molar refractivity (Wildman–Crippen MR) is 51.5 cm³/mol. The summed E-state index contributed by atoms with van der Waals surface area (Å²) >= 11 is 0. The van der Waals surface area contributed by atoms with Crippen molar-refractivity contribution >= 4 is 5.82 Å². The molecule has 3 nitrogen and oxygen atoms in total. The van der Waals surface area contributed by atoms with E-state index in [-0.39, 0.29) is 0 Å². The number of hydrogen-bond donors (Lipinski definition) is 2. The van der Waals surface area contributed by atoms with Gasteiger partial charge in [-0.3, -0.25) is 0 Å². The Labute approximate surface area is 82.0 Å². The van der Waals surface area contributed by atoms with Gasteiger partial charge in [-0.15, -0.1) is 0 Å². The third-order valence-electron chi connectivity index (χ3n) is 2.60. The van der Waals surface area contributed by atoms with E-state index in [1.165, 1.54) is 6.07 Å². The average molecular weight is 196 g/mol. The van der Waals surface area contributed by atoms with Crippen LogP contribution in [0.2, 0.25) is 0 Å². The first kappa shape index (κ1) is 9.40. The largest absolute Gasteiger partial charge is 0.388 e. The van der Waals surface area contributed by atoms with Gasteiger partial charge in [0.15, 0.2) is 0 Å². The summed E-state index contributed by atoms with van der Waals surface area (Å²) in [4.78, 5) is 3.65. The molecule has 1 aliphatic rings. The van der Waals surface area contributed by atoms with Crippen LogP contribution in [0.5, 0.6) is 0 Å². The van der Waals surface area contributed by atoms with Gasteiger partial charge in [-0.05, 0) is 31.4 Å². The van der Waals surface area contributed by atoms with Gasteiger partial charge in [0.05, 0.1) is 5.60 Å². The van der Waals surface area contributed by atoms with Gasteiger partial charge < -0.3 is 10.4 Å². The van der Waals surface area contributed by atoms with Crippen LogP contribution in [0.3, 0.4) is 0 Å². The summed E-state index contributed by atoms with van der Waals surface area (Å²) in [5.41, 5.74) is -0.603. The summed E-state index contributed by atoms with van der Waals surface area (Å²) in [6.45, 7) is 0.448. The Morgan fingerprint density at radius 3 is 2.86 bits per heavy atom. The second-order valence-corrected chi connectivity index (χ2v) is 3.78. The Balaban J connectivity index is 1.91. The topological polar surface area (TPSA) is 45.1 Å². The highest BCUT2D eigenvalue weighted by Gasteiger charge is 2.33. The normalized spacial score (nSPS) is 18.7. The molecule has 1 aromatic heterocycles. The highest BCUT2D eigenvalue weighted by atomic mass is 19.1. The lowest BCUT2D eigenvalue weighted by atomic mass is 9.80. The molecule has 76 valence electrons. The predicted octanol–water partition coefficient (Wildman–Crippen LogP) is 1.55. The fourth-order valence-electron chi connectivity index (χ4n) is 1.52. The van der Waals surface area contributed by atoms with Crippen LogP contribution in [0.1, 0.15) is 19.3 Å². The minimum absolute atomic E-state index is 0.448. The number of hydrogen-bond acceptors (Lipinski definition) is 3. The first-order valence-corrected chi connectivity index (χ1v) is 4.77. The van der Waals surface area contributed by atoms with Gasteiger partial charge in [0.2, 0.25) is 5.95 Å². The highest BCUT2D eigenvalue weighted by molar-refractivity contribution is 5.34. The van der Waals surface area contributed by atoms with Gasteiger partial charge in [0.1, 0.15) is 5.82 Å². The fraction of sp³-hybridized carbons (Fsp3) is 0.500. The quantitative estimate of drug-likeness (QED) is 0.721. The van der Waals surface area contributed by atoms with E-state index in [0.717, 1.165) is 19.3 Å². The summed E-state index contributed by atoms with van der Waals surface area (Å²) < 4.78 is 12.7. The molecule has 0 atom stereocenters. The van der Waals surface area contributed by atoms with Gasteiger partial charge in [0, 0.05) is 6.54 Å². The van der Waals surface area contributed by atoms with E-state index in [2.05, 4.69) is 10.3 Å². The Morgan fingerprint density at radius 2 is 2.29 bits per heavy atom. The van der Waals surface area contributed by atoms with Crippen LogP contribution < -0.4 is 5.32 Å². The molecule has 0 aliphatic heterocycles. The summed E-state index contributed by atoms with van der Waals surface area (Å²) in [7, 11) is 0. The number of nitrogens with one attached hydrogen (secondary N) is 1. The van der Waals surface area contributed by atoms with Crippen LogP contribution in [-0.2, 0) is 0 Å². The van der Waals surface area contributed by atoms with Crippen LogP contribution in [0.25, 0.3) is 0 Å². The van der Waals surface area contributed by atoms with Crippen molar-refractivity contribution in [2.24, 2.45) is 0 Å². The third kappa shape index (κ3) is 2.01. The van der Waals surface area contributed by atoms with Gasteiger partial charge >= 0.3 is 0 Å². The van der Waals surface area contributed by atoms with E-state index in [1.54, 1.807) is 12.1 Å². The van der Waals surface area contributed by atoms with Crippen molar-refractivity contribution in [1.29, 1.82) is 0 Å². The van der Waals surface area contributed by atoms with E-state index in [1.807, 2.05) is 0 Å². The van der Waals surface area contributed by atoms with Crippen molar-refractivity contribution in [2.75, 3.05) is 11.9 Å². The zero-order valence-corrected chi connectivity index (χ0v) is 7.83. The van der Waals surface area contributed by atoms with Crippen molar-refractivity contribution in [3.8, 4) is 0 Å². The maximum atomic E-state index is 12.7. The SMILES string of the molecule is OC1(CNc2cccc(F)n2)CCC1. The number of anilines is 1. The molecule has 0 aromatic carbocycles. The van der Waals surface area contributed by atoms with E-state index in [0.29, 0.717) is 12.4 Å². The standard InChI is InChI=1S/C10H13FN2O/c11-8-3-1-4-9(13-8)12-7-10(14)5-2-6-10/h1,3-4,14H,2,5-7H2,(H,12,13). The minimum atomic E-state index is -0.603. The molecular weight excluding hydrogens is 183 g/mol. The summed E-state index contributed by atoms with van der Waals surface area (Å²) in [6.07, 6.45) is 2.69. The maximum Gasteiger partial charge on any atom is 0.214 e. The van der Waals surface area contributed by atoms with Crippen LogP contribution in [0.15, 0.2) is 18.2 Å². The first-order chi connectivity index (χ1) is 6.68. The van der Waals surface area contributed by atoms with Crippen molar-refractivity contribution in [3.63, 3.8) is 0 Å². The van der Waals surface area contributed by atoms with Crippen LogP contribution in [-0.4, -0.2) is 22.2 Å². The Kier molecular flexibility index (Phi) is 2.37. The average Bonchev–Trinajstić information content (AvgIpc) is 2.12. The molecule has 14 heavy (non-hydrogen) atoms. The van der Waals surface area contributed by atoms with Crippen LogP contribution >= 0.6 is 0 Å². The molecule has 2 N–H and O–H groups in total. The molecule has 1 fully saturated rings. The number of pyridine rings is 1. The minimum Gasteiger partial charge on any atom is -0.388 e. The van der Waals surface area contributed by atoms with E-state index in [4.69, 9.17) is 0 Å². The monoisotopic (exact) mass is 196 g/mol. The molecule has 1 heterocycles. The molecule has 0 bridgehead atoms. The van der Waals surface area contributed by atoms with Crippen molar-refractivity contribution < 1.29 is 9.50 Å². The number of nitrogens with zero attached hydrogens (tertiary/aromatic N) is 1. The molecule has 0 unspecified atom stereocenters. The van der Waals surface area contributed by atoms with Gasteiger partial charge in [-0.1, -0.05) is 6.07 Å². The molecule has 4 heteroatoms.